The van der Waals surface area contributed by atoms with Crippen LogP contribution in [0.4, 0.5) is 10.5 Å². The summed E-state index contributed by atoms with van der Waals surface area (Å²) in [5.74, 6) is -0.704. The van der Waals surface area contributed by atoms with Crippen LogP contribution in [-0.4, -0.2) is 41.1 Å². The van der Waals surface area contributed by atoms with Crippen molar-refractivity contribution < 1.29 is 28.3 Å². The molecule has 1 aliphatic heterocycles. The first kappa shape index (κ1) is 21.7. The Morgan fingerprint density at radius 2 is 2.03 bits per heavy atom. The highest BCUT2D eigenvalue weighted by Gasteiger charge is 2.36. The van der Waals surface area contributed by atoms with Crippen LogP contribution in [0.5, 0.6) is 0 Å². The lowest BCUT2D eigenvalue weighted by Crippen LogP contribution is -2.36. The van der Waals surface area contributed by atoms with Crippen molar-refractivity contribution in [1.82, 2.24) is 4.90 Å². The minimum atomic E-state index is -0.622. The molecule has 1 N–H and O–H groups in total. The van der Waals surface area contributed by atoms with E-state index in [1.807, 2.05) is 0 Å². The lowest BCUT2D eigenvalue weighted by atomic mass is 10.2. The van der Waals surface area contributed by atoms with Crippen LogP contribution in [0.2, 0.25) is 5.02 Å². The predicted molar refractivity (Wildman–Crippen MR) is 112 cm³/mol. The van der Waals surface area contributed by atoms with Gasteiger partial charge in [0, 0.05) is 11.8 Å². The third kappa shape index (κ3) is 4.92. The molecule has 0 radical (unpaired) electrons. The number of esters is 1. The maximum atomic E-state index is 12.5. The minimum absolute atomic E-state index is 0.0964. The van der Waals surface area contributed by atoms with Gasteiger partial charge in [-0.05, 0) is 55.9 Å². The summed E-state index contributed by atoms with van der Waals surface area (Å²) in [5, 5.41) is 2.16. The van der Waals surface area contributed by atoms with Gasteiger partial charge in [0.1, 0.15) is 18.1 Å². The van der Waals surface area contributed by atoms with Crippen LogP contribution >= 0.6 is 23.4 Å². The number of hydrogen-bond donors (Lipinski definition) is 1. The highest BCUT2D eigenvalue weighted by molar-refractivity contribution is 8.18. The van der Waals surface area contributed by atoms with Gasteiger partial charge < -0.3 is 14.5 Å². The van der Waals surface area contributed by atoms with Crippen LogP contribution in [0.1, 0.15) is 28.8 Å². The van der Waals surface area contributed by atoms with E-state index in [0.29, 0.717) is 11.5 Å². The zero-order chi connectivity index (χ0) is 21.8. The van der Waals surface area contributed by atoms with Crippen molar-refractivity contribution in [3.8, 4) is 0 Å². The fraction of sp³-hybridized carbons (Fsp3) is 0.200. The normalized spacial score (nSPS) is 15.0. The number of furan rings is 1. The zero-order valence-corrected chi connectivity index (χ0v) is 17.6. The molecule has 1 aromatic heterocycles. The predicted octanol–water partition coefficient (Wildman–Crippen LogP) is 4.09. The van der Waals surface area contributed by atoms with Crippen molar-refractivity contribution in [3.63, 3.8) is 0 Å². The van der Waals surface area contributed by atoms with Gasteiger partial charge in [0.15, 0.2) is 0 Å². The Balaban J connectivity index is 1.68. The molecule has 30 heavy (non-hydrogen) atoms. The highest BCUT2D eigenvalue weighted by Crippen LogP contribution is 2.32. The summed E-state index contributed by atoms with van der Waals surface area (Å²) in [4.78, 5) is 50.0. The number of carbonyl (C=O) groups is 4. The first-order chi connectivity index (χ1) is 14.3. The van der Waals surface area contributed by atoms with Crippen LogP contribution < -0.4 is 5.32 Å². The summed E-state index contributed by atoms with van der Waals surface area (Å²) >= 11 is 6.72. The third-order valence-corrected chi connectivity index (χ3v) is 5.19. The molecule has 1 aromatic carbocycles. The third-order valence-electron chi connectivity index (χ3n) is 3.96. The van der Waals surface area contributed by atoms with Crippen LogP contribution in [-0.2, 0) is 14.3 Å². The van der Waals surface area contributed by atoms with Crippen LogP contribution in [0.15, 0.2) is 39.7 Å². The van der Waals surface area contributed by atoms with Crippen molar-refractivity contribution in [1.29, 1.82) is 0 Å². The number of aryl methyl sites for hydroxylation is 1. The van der Waals surface area contributed by atoms with E-state index in [4.69, 9.17) is 20.8 Å². The molecule has 0 spiro atoms. The van der Waals surface area contributed by atoms with Gasteiger partial charge in [0.2, 0.25) is 5.91 Å². The first-order valence-electron chi connectivity index (χ1n) is 8.86. The molecule has 2 heterocycles. The van der Waals surface area contributed by atoms with Crippen LogP contribution in [0.25, 0.3) is 6.08 Å². The van der Waals surface area contributed by atoms with Crippen molar-refractivity contribution in [3.05, 3.63) is 57.3 Å². The Morgan fingerprint density at radius 3 is 2.70 bits per heavy atom. The van der Waals surface area contributed by atoms with Crippen LogP contribution in [0, 0.1) is 6.92 Å². The summed E-state index contributed by atoms with van der Waals surface area (Å²) < 4.78 is 10.3. The van der Waals surface area contributed by atoms with E-state index in [1.165, 1.54) is 24.3 Å². The zero-order valence-electron chi connectivity index (χ0n) is 16.1. The molecule has 3 amide bonds. The Bertz CT molecular complexity index is 1060. The second kappa shape index (κ2) is 9.19. The molecule has 1 aliphatic rings. The van der Waals surface area contributed by atoms with Crippen LogP contribution in [0.3, 0.4) is 0 Å². The molecule has 0 saturated carbocycles. The van der Waals surface area contributed by atoms with Gasteiger partial charge in [0.05, 0.1) is 22.1 Å². The highest BCUT2D eigenvalue weighted by atomic mass is 35.5. The molecular weight excluding hydrogens is 432 g/mol. The maximum Gasteiger partial charge on any atom is 0.339 e. The van der Waals surface area contributed by atoms with E-state index >= 15 is 0 Å². The smallest absolute Gasteiger partial charge is 0.339 e. The maximum absolute atomic E-state index is 12.5. The number of thioether (sulfide) groups is 1. The summed E-state index contributed by atoms with van der Waals surface area (Å²) in [6.07, 6.45) is 1.46. The van der Waals surface area contributed by atoms with Crippen molar-refractivity contribution in [2.75, 3.05) is 18.5 Å². The van der Waals surface area contributed by atoms with Gasteiger partial charge in [-0.2, -0.15) is 0 Å². The number of rotatable bonds is 6. The second-order valence-electron chi connectivity index (χ2n) is 6.18. The van der Waals surface area contributed by atoms with E-state index in [0.717, 1.165) is 16.7 Å². The van der Waals surface area contributed by atoms with E-state index in [-0.39, 0.29) is 27.8 Å². The van der Waals surface area contributed by atoms with E-state index in [2.05, 4.69) is 5.32 Å². The van der Waals surface area contributed by atoms with Gasteiger partial charge in [-0.15, -0.1) is 0 Å². The van der Waals surface area contributed by atoms with E-state index in [9.17, 15) is 19.2 Å². The average Bonchev–Trinajstić information content (AvgIpc) is 3.21. The second-order valence-corrected chi connectivity index (χ2v) is 7.58. The lowest BCUT2D eigenvalue weighted by molar-refractivity contribution is -0.127. The number of nitrogens with one attached hydrogen (secondary N) is 1. The number of imide groups is 1. The first-order valence-corrected chi connectivity index (χ1v) is 10.1. The summed E-state index contributed by atoms with van der Waals surface area (Å²) in [5.41, 5.74) is 0.375. The monoisotopic (exact) mass is 448 g/mol. The Morgan fingerprint density at radius 1 is 1.27 bits per heavy atom. The number of benzene rings is 1. The minimum Gasteiger partial charge on any atom is -0.462 e. The molecule has 0 unspecified atom stereocenters. The van der Waals surface area contributed by atoms with Gasteiger partial charge in [-0.3, -0.25) is 19.3 Å². The number of anilines is 1. The Hall–Kier alpha value is -3.04. The largest absolute Gasteiger partial charge is 0.462 e. The molecule has 8 nitrogen and oxygen atoms in total. The number of amides is 3. The van der Waals surface area contributed by atoms with E-state index < -0.39 is 29.6 Å². The Kier molecular flexibility index (Phi) is 6.63. The Labute approximate surface area is 181 Å². The molecule has 1 fully saturated rings. The molecule has 156 valence electrons. The van der Waals surface area contributed by atoms with Gasteiger partial charge in [0.25, 0.3) is 11.1 Å². The summed E-state index contributed by atoms with van der Waals surface area (Å²) in [6, 6.07) is 7.72. The standard InChI is InChI=1S/C20H17ClN2O6S/c1-3-28-19(26)14-8-12(5-7-15(14)21)22-17(24)10-23-18(25)16(30-20(23)27)9-13-6-4-11(2)29-13/h4-9H,3,10H2,1-2H3,(H,22,24)/b16-9-. The van der Waals surface area contributed by atoms with E-state index in [1.54, 1.807) is 26.0 Å². The SMILES string of the molecule is CCOC(=O)c1cc(NC(=O)CN2C(=O)S/C(=C\c3ccc(C)o3)C2=O)ccc1Cl. The molecule has 0 bridgehead atoms. The lowest BCUT2D eigenvalue weighted by Gasteiger charge is -2.13. The summed E-state index contributed by atoms with van der Waals surface area (Å²) in [6.45, 7) is 3.12. The quantitative estimate of drug-likeness (QED) is 0.523. The van der Waals surface area contributed by atoms with Crippen molar-refractivity contribution in [2.24, 2.45) is 0 Å². The van der Waals surface area contributed by atoms with Gasteiger partial charge in [-0.25, -0.2) is 4.79 Å². The molecule has 10 heteroatoms. The topological polar surface area (TPSA) is 106 Å². The molecular formula is C20H17ClN2O6S. The molecule has 3 rings (SSSR count). The van der Waals surface area contributed by atoms with Crippen molar-refractivity contribution in [2.45, 2.75) is 13.8 Å². The van der Waals surface area contributed by atoms with Gasteiger partial charge in [-0.1, -0.05) is 11.6 Å². The number of nitrogens with zero attached hydrogens (tertiary/aromatic N) is 1. The molecule has 1 saturated heterocycles. The fourth-order valence-electron chi connectivity index (χ4n) is 2.61. The van der Waals surface area contributed by atoms with Gasteiger partial charge >= 0.3 is 5.97 Å². The van der Waals surface area contributed by atoms with Crippen molar-refractivity contribution >= 4 is 58.1 Å². The average molecular weight is 449 g/mol. The number of halogens is 1. The number of hydrogen-bond acceptors (Lipinski definition) is 7. The molecule has 2 aromatic rings. The summed E-state index contributed by atoms with van der Waals surface area (Å²) in [7, 11) is 0. The number of ether oxygens (including phenoxy) is 1. The fourth-order valence-corrected chi connectivity index (χ4v) is 3.62. The molecule has 0 atom stereocenters. The number of carbonyl (C=O) groups excluding carboxylic acids is 4. The molecule has 0 aliphatic carbocycles.